The van der Waals surface area contributed by atoms with Gasteiger partial charge in [0, 0.05) is 23.6 Å². The number of amides is 2. The number of carbonyl (C=O) groups excluding carboxylic acids is 2. The number of nitrogens with one attached hydrogen (secondary N) is 1. The first-order chi connectivity index (χ1) is 9.12. The molecule has 0 bridgehead atoms. The van der Waals surface area contributed by atoms with E-state index in [0.717, 1.165) is 0 Å². The number of nitrogens with two attached hydrogens (primary N) is 2. The van der Waals surface area contributed by atoms with Crippen molar-refractivity contribution >= 4 is 23.2 Å². The van der Waals surface area contributed by atoms with Gasteiger partial charge in [0.25, 0.3) is 5.69 Å². The van der Waals surface area contributed by atoms with Crippen molar-refractivity contribution < 1.29 is 14.5 Å². The maximum absolute atomic E-state index is 11.1. The second kappa shape index (κ2) is 5.55. The van der Waals surface area contributed by atoms with E-state index in [2.05, 4.69) is 5.32 Å². The Balaban J connectivity index is 3.19. The first-order valence-corrected chi connectivity index (χ1v) is 5.77. The zero-order valence-corrected chi connectivity index (χ0v) is 11.2. The van der Waals surface area contributed by atoms with Crippen LogP contribution in [-0.4, -0.2) is 22.3 Å². The molecule has 0 unspecified atom stereocenters. The van der Waals surface area contributed by atoms with Gasteiger partial charge in [-0.2, -0.15) is 0 Å². The van der Waals surface area contributed by atoms with Crippen LogP contribution >= 0.6 is 0 Å². The monoisotopic (exact) mass is 280 g/mol. The lowest BCUT2D eigenvalue weighted by Crippen LogP contribution is -2.36. The van der Waals surface area contributed by atoms with E-state index in [1.807, 2.05) is 0 Å². The Kier molecular flexibility index (Phi) is 4.28. The summed E-state index contributed by atoms with van der Waals surface area (Å²) < 4.78 is 0. The summed E-state index contributed by atoms with van der Waals surface area (Å²) in [5.41, 5.74) is 9.49. The Morgan fingerprint density at radius 1 is 1.35 bits per heavy atom. The minimum Gasteiger partial charge on any atom is -0.374 e. The largest absolute Gasteiger partial charge is 0.374 e. The molecule has 108 valence electrons. The summed E-state index contributed by atoms with van der Waals surface area (Å²) in [7, 11) is 0. The van der Waals surface area contributed by atoms with Crippen LogP contribution in [0.2, 0.25) is 0 Å². The minimum atomic E-state index is -0.799. The van der Waals surface area contributed by atoms with Crippen LogP contribution in [0.25, 0.3) is 0 Å². The summed E-state index contributed by atoms with van der Waals surface area (Å²) in [6.45, 7) is 3.33. The van der Waals surface area contributed by atoms with E-state index >= 15 is 0 Å². The molecule has 0 radical (unpaired) electrons. The number of benzene rings is 1. The lowest BCUT2D eigenvalue weighted by molar-refractivity contribution is -0.384. The van der Waals surface area contributed by atoms with Crippen LogP contribution in [0.1, 0.15) is 30.6 Å². The molecule has 0 heterocycles. The minimum absolute atomic E-state index is 0.0229. The fourth-order valence-corrected chi connectivity index (χ4v) is 1.79. The summed E-state index contributed by atoms with van der Waals surface area (Å²) in [4.78, 5) is 32.5. The SMILES string of the molecule is CC(C)(CC(N)=O)Nc1cc(C(N)=O)ccc1[N+](=O)[O-]. The molecule has 0 aromatic heterocycles. The zero-order chi connectivity index (χ0) is 15.5. The Labute approximate surface area is 115 Å². The maximum Gasteiger partial charge on any atom is 0.292 e. The van der Waals surface area contributed by atoms with Gasteiger partial charge in [0.2, 0.25) is 11.8 Å². The third-order valence-electron chi connectivity index (χ3n) is 2.57. The molecule has 5 N–H and O–H groups in total. The van der Waals surface area contributed by atoms with E-state index in [1.165, 1.54) is 18.2 Å². The average Bonchev–Trinajstić information content (AvgIpc) is 2.25. The Hall–Kier alpha value is -2.64. The summed E-state index contributed by atoms with van der Waals surface area (Å²) in [6.07, 6.45) is -0.0229. The van der Waals surface area contributed by atoms with Crippen molar-refractivity contribution in [3.63, 3.8) is 0 Å². The second-order valence-electron chi connectivity index (χ2n) is 5.01. The van der Waals surface area contributed by atoms with E-state index in [-0.39, 0.29) is 23.4 Å². The number of hydrogen-bond donors (Lipinski definition) is 3. The zero-order valence-electron chi connectivity index (χ0n) is 11.2. The highest BCUT2D eigenvalue weighted by molar-refractivity contribution is 5.94. The highest BCUT2D eigenvalue weighted by Crippen LogP contribution is 2.29. The quantitative estimate of drug-likeness (QED) is 0.521. The lowest BCUT2D eigenvalue weighted by atomic mass is 9.99. The average molecular weight is 280 g/mol. The van der Waals surface area contributed by atoms with Crippen LogP contribution in [0.5, 0.6) is 0 Å². The Bertz CT molecular complexity index is 569. The predicted octanol–water partition coefficient (Wildman–Crippen LogP) is 0.760. The van der Waals surface area contributed by atoms with Crippen LogP contribution in [0.15, 0.2) is 18.2 Å². The summed E-state index contributed by atoms with van der Waals surface area (Å²) in [6, 6.07) is 3.73. The van der Waals surface area contributed by atoms with Crippen molar-refractivity contribution in [1.82, 2.24) is 0 Å². The van der Waals surface area contributed by atoms with Gasteiger partial charge in [0.1, 0.15) is 5.69 Å². The molecular formula is C12H16N4O4. The van der Waals surface area contributed by atoms with E-state index in [0.29, 0.717) is 0 Å². The lowest BCUT2D eigenvalue weighted by Gasteiger charge is -2.26. The number of nitrogens with zero attached hydrogens (tertiary/aromatic N) is 1. The van der Waals surface area contributed by atoms with Gasteiger partial charge < -0.3 is 16.8 Å². The standard InChI is InChI=1S/C12H16N4O4/c1-12(2,6-10(13)17)15-8-5-7(11(14)18)3-4-9(8)16(19)20/h3-5,15H,6H2,1-2H3,(H2,13,17)(H2,14,18). The normalized spacial score (nSPS) is 10.9. The molecule has 0 saturated heterocycles. The van der Waals surface area contributed by atoms with Crippen molar-refractivity contribution in [2.75, 3.05) is 5.32 Å². The van der Waals surface area contributed by atoms with Gasteiger partial charge in [-0.15, -0.1) is 0 Å². The molecule has 8 nitrogen and oxygen atoms in total. The Morgan fingerprint density at radius 3 is 2.40 bits per heavy atom. The topological polar surface area (TPSA) is 141 Å². The van der Waals surface area contributed by atoms with Gasteiger partial charge in [-0.25, -0.2) is 0 Å². The number of rotatable bonds is 6. The molecule has 0 aliphatic heterocycles. The van der Waals surface area contributed by atoms with Crippen molar-refractivity contribution in [3.05, 3.63) is 33.9 Å². The van der Waals surface area contributed by atoms with Gasteiger partial charge in [-0.3, -0.25) is 19.7 Å². The summed E-state index contributed by atoms with van der Waals surface area (Å²) in [5, 5.41) is 13.8. The molecule has 1 aromatic rings. The van der Waals surface area contributed by atoms with Gasteiger partial charge in [-0.05, 0) is 26.0 Å². The molecular weight excluding hydrogens is 264 g/mol. The molecule has 0 atom stereocenters. The third-order valence-corrected chi connectivity index (χ3v) is 2.57. The van der Waals surface area contributed by atoms with Crippen LogP contribution in [0.3, 0.4) is 0 Å². The first-order valence-electron chi connectivity index (χ1n) is 5.77. The molecule has 0 fully saturated rings. The van der Waals surface area contributed by atoms with Crippen LogP contribution in [-0.2, 0) is 4.79 Å². The highest BCUT2D eigenvalue weighted by atomic mass is 16.6. The van der Waals surface area contributed by atoms with Crippen molar-refractivity contribution in [2.45, 2.75) is 25.8 Å². The van der Waals surface area contributed by atoms with Gasteiger partial charge >= 0.3 is 0 Å². The number of carbonyl (C=O) groups is 2. The number of anilines is 1. The molecule has 0 saturated carbocycles. The maximum atomic E-state index is 11.1. The number of nitro groups is 1. The summed E-state index contributed by atoms with van der Waals surface area (Å²) in [5.74, 6) is -1.24. The van der Waals surface area contributed by atoms with E-state index in [4.69, 9.17) is 11.5 Å². The molecule has 0 aliphatic rings. The van der Waals surface area contributed by atoms with Crippen molar-refractivity contribution in [2.24, 2.45) is 11.5 Å². The molecule has 0 spiro atoms. The smallest absolute Gasteiger partial charge is 0.292 e. The fraction of sp³-hybridized carbons (Fsp3) is 0.333. The molecule has 1 rings (SSSR count). The van der Waals surface area contributed by atoms with Gasteiger partial charge in [-0.1, -0.05) is 0 Å². The number of primary amides is 2. The number of hydrogen-bond acceptors (Lipinski definition) is 5. The predicted molar refractivity (Wildman–Crippen MR) is 73.1 cm³/mol. The highest BCUT2D eigenvalue weighted by Gasteiger charge is 2.25. The van der Waals surface area contributed by atoms with Crippen LogP contribution < -0.4 is 16.8 Å². The van der Waals surface area contributed by atoms with Crippen LogP contribution in [0.4, 0.5) is 11.4 Å². The van der Waals surface area contributed by atoms with Crippen molar-refractivity contribution in [3.8, 4) is 0 Å². The Morgan fingerprint density at radius 2 is 1.95 bits per heavy atom. The van der Waals surface area contributed by atoms with E-state index in [1.54, 1.807) is 13.8 Å². The molecule has 2 amide bonds. The fourth-order valence-electron chi connectivity index (χ4n) is 1.79. The van der Waals surface area contributed by atoms with E-state index in [9.17, 15) is 19.7 Å². The van der Waals surface area contributed by atoms with Crippen LogP contribution in [0, 0.1) is 10.1 Å². The van der Waals surface area contributed by atoms with Gasteiger partial charge in [0.05, 0.1) is 4.92 Å². The molecule has 1 aromatic carbocycles. The molecule has 8 heteroatoms. The van der Waals surface area contributed by atoms with Gasteiger partial charge in [0.15, 0.2) is 0 Å². The summed E-state index contributed by atoms with van der Waals surface area (Å²) >= 11 is 0. The first kappa shape index (κ1) is 15.4. The van der Waals surface area contributed by atoms with Crippen molar-refractivity contribution in [1.29, 1.82) is 0 Å². The van der Waals surface area contributed by atoms with E-state index < -0.39 is 22.3 Å². The third kappa shape index (κ3) is 3.94. The molecule has 20 heavy (non-hydrogen) atoms. The molecule has 0 aliphatic carbocycles. The second-order valence-corrected chi connectivity index (χ2v) is 5.01. The number of nitro benzene ring substituents is 1.